The van der Waals surface area contributed by atoms with E-state index in [2.05, 4.69) is 23.5 Å². The van der Waals surface area contributed by atoms with Crippen LogP contribution in [0.2, 0.25) is 0 Å². The largest absolute Gasteiger partial charge is 0.481 e. The van der Waals surface area contributed by atoms with Gasteiger partial charge in [0.2, 0.25) is 0 Å². The molecule has 4 heteroatoms. The SMILES string of the molecule is O=C(O)C1CNC(c2ccc3c(c2)COC3)C1. The Balaban J connectivity index is 1.79. The third kappa shape index (κ3) is 1.94. The number of hydrogen-bond acceptors (Lipinski definition) is 3. The first-order valence-electron chi connectivity index (χ1n) is 5.89. The van der Waals surface area contributed by atoms with Crippen molar-refractivity contribution in [2.75, 3.05) is 6.54 Å². The molecule has 1 aromatic carbocycles. The van der Waals surface area contributed by atoms with Gasteiger partial charge in [-0.25, -0.2) is 0 Å². The summed E-state index contributed by atoms with van der Waals surface area (Å²) < 4.78 is 5.38. The summed E-state index contributed by atoms with van der Waals surface area (Å²) in [5.74, 6) is -0.964. The Morgan fingerprint density at radius 3 is 2.94 bits per heavy atom. The van der Waals surface area contributed by atoms with E-state index in [1.165, 1.54) is 16.7 Å². The van der Waals surface area contributed by atoms with Crippen LogP contribution >= 0.6 is 0 Å². The standard InChI is InChI=1S/C13H15NO3/c15-13(16)10-4-12(14-5-10)8-1-2-9-6-17-7-11(9)3-8/h1-3,10,12,14H,4-7H2,(H,15,16). The van der Waals surface area contributed by atoms with Crippen LogP contribution < -0.4 is 5.32 Å². The molecular weight excluding hydrogens is 218 g/mol. The van der Waals surface area contributed by atoms with Crippen molar-refractivity contribution in [3.63, 3.8) is 0 Å². The van der Waals surface area contributed by atoms with Crippen LogP contribution in [0.25, 0.3) is 0 Å². The molecule has 2 aliphatic rings. The molecule has 4 nitrogen and oxygen atoms in total. The van der Waals surface area contributed by atoms with Crippen LogP contribution in [0.5, 0.6) is 0 Å². The molecule has 17 heavy (non-hydrogen) atoms. The van der Waals surface area contributed by atoms with Crippen LogP contribution in [0.3, 0.4) is 0 Å². The number of carboxylic acid groups (broad SMARTS) is 1. The third-order valence-electron chi connectivity index (χ3n) is 3.63. The predicted molar refractivity (Wildman–Crippen MR) is 61.4 cm³/mol. The molecule has 1 saturated heterocycles. The first-order chi connectivity index (χ1) is 8.24. The van der Waals surface area contributed by atoms with Gasteiger partial charge in [0.1, 0.15) is 0 Å². The van der Waals surface area contributed by atoms with Crippen molar-refractivity contribution < 1.29 is 14.6 Å². The zero-order chi connectivity index (χ0) is 11.8. The van der Waals surface area contributed by atoms with Gasteiger partial charge in [-0.2, -0.15) is 0 Å². The normalized spacial score (nSPS) is 27.1. The maximum Gasteiger partial charge on any atom is 0.307 e. The van der Waals surface area contributed by atoms with Gasteiger partial charge in [0.05, 0.1) is 19.1 Å². The minimum atomic E-state index is -0.704. The number of fused-ring (bicyclic) bond motifs is 1. The molecule has 0 aromatic heterocycles. The number of ether oxygens (including phenoxy) is 1. The maximum absolute atomic E-state index is 10.9. The van der Waals surface area contributed by atoms with Gasteiger partial charge in [-0.1, -0.05) is 18.2 Å². The molecular formula is C13H15NO3. The number of carbonyl (C=O) groups is 1. The van der Waals surface area contributed by atoms with Gasteiger partial charge >= 0.3 is 5.97 Å². The summed E-state index contributed by atoms with van der Waals surface area (Å²) in [5.41, 5.74) is 3.67. The van der Waals surface area contributed by atoms with E-state index in [4.69, 9.17) is 9.84 Å². The van der Waals surface area contributed by atoms with Crippen LogP contribution in [0.4, 0.5) is 0 Å². The fourth-order valence-corrected chi connectivity index (χ4v) is 2.59. The molecule has 2 atom stereocenters. The van der Waals surface area contributed by atoms with E-state index < -0.39 is 5.97 Å². The highest BCUT2D eigenvalue weighted by atomic mass is 16.5. The molecule has 2 aliphatic heterocycles. The zero-order valence-electron chi connectivity index (χ0n) is 9.48. The van der Waals surface area contributed by atoms with Crippen LogP contribution in [0.1, 0.15) is 29.2 Å². The molecule has 90 valence electrons. The Bertz CT molecular complexity index is 458. The van der Waals surface area contributed by atoms with Crippen molar-refractivity contribution >= 4 is 5.97 Å². The molecule has 3 rings (SSSR count). The quantitative estimate of drug-likeness (QED) is 0.811. The number of nitrogens with one attached hydrogen (secondary N) is 1. The van der Waals surface area contributed by atoms with Gasteiger partial charge < -0.3 is 15.2 Å². The van der Waals surface area contributed by atoms with Crippen molar-refractivity contribution in [2.45, 2.75) is 25.7 Å². The molecule has 1 fully saturated rings. The minimum Gasteiger partial charge on any atom is -0.481 e. The monoisotopic (exact) mass is 233 g/mol. The second-order valence-electron chi connectivity index (χ2n) is 4.75. The average Bonchev–Trinajstić information content (AvgIpc) is 2.97. The lowest BCUT2D eigenvalue weighted by atomic mass is 9.97. The van der Waals surface area contributed by atoms with E-state index >= 15 is 0 Å². The summed E-state index contributed by atoms with van der Waals surface area (Å²) in [6.07, 6.45) is 0.676. The van der Waals surface area contributed by atoms with Gasteiger partial charge in [0.25, 0.3) is 0 Å². The molecule has 0 saturated carbocycles. The van der Waals surface area contributed by atoms with Crippen molar-refractivity contribution in [3.05, 3.63) is 34.9 Å². The number of carboxylic acids is 1. The van der Waals surface area contributed by atoms with Crippen molar-refractivity contribution in [3.8, 4) is 0 Å². The lowest BCUT2D eigenvalue weighted by Gasteiger charge is -2.11. The number of aliphatic carboxylic acids is 1. The molecule has 0 amide bonds. The van der Waals surface area contributed by atoms with Gasteiger partial charge in [-0.15, -0.1) is 0 Å². The van der Waals surface area contributed by atoms with E-state index in [9.17, 15) is 4.79 Å². The molecule has 0 radical (unpaired) electrons. The minimum absolute atomic E-state index is 0.169. The lowest BCUT2D eigenvalue weighted by Crippen LogP contribution is -2.17. The highest BCUT2D eigenvalue weighted by molar-refractivity contribution is 5.70. The summed E-state index contributed by atoms with van der Waals surface area (Å²) in [6, 6.07) is 6.48. The van der Waals surface area contributed by atoms with Crippen LogP contribution in [-0.2, 0) is 22.7 Å². The van der Waals surface area contributed by atoms with Gasteiger partial charge in [0.15, 0.2) is 0 Å². The van der Waals surface area contributed by atoms with Gasteiger partial charge in [-0.3, -0.25) is 4.79 Å². The highest BCUT2D eigenvalue weighted by Gasteiger charge is 2.30. The van der Waals surface area contributed by atoms with Crippen molar-refractivity contribution in [1.29, 1.82) is 0 Å². The Morgan fingerprint density at radius 2 is 2.18 bits per heavy atom. The van der Waals surface area contributed by atoms with E-state index in [0.717, 1.165) is 0 Å². The van der Waals surface area contributed by atoms with E-state index in [1.807, 2.05) is 0 Å². The Kier molecular flexibility index (Phi) is 2.61. The maximum atomic E-state index is 10.9. The van der Waals surface area contributed by atoms with Crippen LogP contribution in [-0.4, -0.2) is 17.6 Å². The Morgan fingerprint density at radius 1 is 1.35 bits per heavy atom. The summed E-state index contributed by atoms with van der Waals surface area (Å²) in [7, 11) is 0. The van der Waals surface area contributed by atoms with Crippen molar-refractivity contribution in [1.82, 2.24) is 5.32 Å². The molecule has 1 aromatic rings. The molecule has 2 heterocycles. The Labute approximate surface area is 99.6 Å². The summed E-state index contributed by atoms with van der Waals surface area (Å²) in [6.45, 7) is 1.94. The molecule has 0 aliphatic carbocycles. The lowest BCUT2D eigenvalue weighted by molar-refractivity contribution is -0.141. The molecule has 2 unspecified atom stereocenters. The number of rotatable bonds is 2. The zero-order valence-corrected chi connectivity index (χ0v) is 9.48. The molecule has 0 spiro atoms. The number of hydrogen-bond donors (Lipinski definition) is 2. The first-order valence-corrected chi connectivity index (χ1v) is 5.89. The van der Waals surface area contributed by atoms with Gasteiger partial charge in [-0.05, 0) is 23.1 Å². The van der Waals surface area contributed by atoms with E-state index in [1.54, 1.807) is 0 Å². The molecule has 0 bridgehead atoms. The second-order valence-corrected chi connectivity index (χ2v) is 4.75. The van der Waals surface area contributed by atoms with E-state index in [-0.39, 0.29) is 12.0 Å². The third-order valence-corrected chi connectivity index (χ3v) is 3.63. The molecule has 2 N–H and O–H groups in total. The number of benzene rings is 1. The Hall–Kier alpha value is -1.39. The van der Waals surface area contributed by atoms with Gasteiger partial charge in [0, 0.05) is 12.6 Å². The van der Waals surface area contributed by atoms with Crippen molar-refractivity contribution in [2.24, 2.45) is 5.92 Å². The van der Waals surface area contributed by atoms with E-state index in [0.29, 0.717) is 26.2 Å². The smallest absolute Gasteiger partial charge is 0.307 e. The van der Waals surface area contributed by atoms with Crippen LogP contribution in [0, 0.1) is 5.92 Å². The van der Waals surface area contributed by atoms with Crippen LogP contribution in [0.15, 0.2) is 18.2 Å². The predicted octanol–water partition coefficient (Wildman–Crippen LogP) is 1.45. The fraction of sp³-hybridized carbons (Fsp3) is 0.462. The summed E-state index contributed by atoms with van der Waals surface area (Å²) in [5, 5.41) is 12.2. The topological polar surface area (TPSA) is 58.6 Å². The average molecular weight is 233 g/mol. The fourth-order valence-electron chi connectivity index (χ4n) is 2.59. The summed E-state index contributed by atoms with van der Waals surface area (Å²) >= 11 is 0. The highest BCUT2D eigenvalue weighted by Crippen LogP contribution is 2.30. The summed E-state index contributed by atoms with van der Waals surface area (Å²) in [4.78, 5) is 10.9. The first kappa shape index (κ1) is 10.7. The second kappa shape index (κ2) is 4.13.